The maximum Gasteiger partial charge on any atom is 0.303 e. The lowest BCUT2D eigenvalue weighted by Crippen LogP contribution is -2.11. The number of pyridine rings is 1. The highest BCUT2D eigenvalue weighted by atomic mass is 32.2. The van der Waals surface area contributed by atoms with Crippen LogP contribution in [0.2, 0.25) is 0 Å². The molecule has 7 nitrogen and oxygen atoms in total. The van der Waals surface area contributed by atoms with Gasteiger partial charge in [-0.15, -0.1) is 0 Å². The number of aryl methyl sites for hydroxylation is 1. The summed E-state index contributed by atoms with van der Waals surface area (Å²) in [5.74, 6) is -0.0715. The Balaban J connectivity index is 1.53. The van der Waals surface area contributed by atoms with Crippen LogP contribution < -0.4 is 4.74 Å². The predicted octanol–water partition coefficient (Wildman–Crippen LogP) is 5.81. The Kier molecular flexibility index (Phi) is 6.10. The van der Waals surface area contributed by atoms with E-state index in [0.29, 0.717) is 28.1 Å². The van der Waals surface area contributed by atoms with Crippen molar-refractivity contribution in [3.05, 3.63) is 95.4 Å². The van der Waals surface area contributed by atoms with Gasteiger partial charge in [0.15, 0.2) is 0 Å². The van der Waals surface area contributed by atoms with Crippen LogP contribution >= 0.6 is 11.3 Å². The van der Waals surface area contributed by atoms with Crippen LogP contribution in [0.5, 0.6) is 11.6 Å². The van der Waals surface area contributed by atoms with Crippen LogP contribution in [-0.4, -0.2) is 28.5 Å². The first-order valence-electron chi connectivity index (χ1n) is 10.7. The number of carbonyl (C=O) groups is 1. The van der Waals surface area contributed by atoms with Gasteiger partial charge in [0.2, 0.25) is 5.88 Å². The van der Waals surface area contributed by atoms with E-state index < -0.39 is 16.0 Å². The molecule has 0 aliphatic rings. The maximum atomic E-state index is 13.6. The number of aliphatic carboxylic acids is 1. The van der Waals surface area contributed by atoms with Gasteiger partial charge in [-0.25, -0.2) is 17.4 Å². The van der Waals surface area contributed by atoms with E-state index in [2.05, 4.69) is 4.98 Å². The highest BCUT2D eigenvalue weighted by molar-refractivity contribution is 7.90. The smallest absolute Gasteiger partial charge is 0.303 e. The number of fused-ring (bicyclic) bond motifs is 1. The van der Waals surface area contributed by atoms with E-state index in [4.69, 9.17) is 4.74 Å². The van der Waals surface area contributed by atoms with Gasteiger partial charge in [0.1, 0.15) is 5.75 Å². The van der Waals surface area contributed by atoms with Crippen LogP contribution in [-0.2, 0) is 21.2 Å². The van der Waals surface area contributed by atoms with Crippen molar-refractivity contribution in [1.82, 2.24) is 8.96 Å². The summed E-state index contributed by atoms with van der Waals surface area (Å²) in [5.41, 5.74) is 3.14. The molecule has 0 amide bonds. The van der Waals surface area contributed by atoms with Crippen LogP contribution in [0, 0.1) is 0 Å². The first-order chi connectivity index (χ1) is 16.9. The van der Waals surface area contributed by atoms with Crippen molar-refractivity contribution in [2.24, 2.45) is 0 Å². The fourth-order valence-electron chi connectivity index (χ4n) is 3.84. The molecule has 0 saturated carbocycles. The third kappa shape index (κ3) is 4.68. The Morgan fingerprint density at radius 1 is 1.03 bits per heavy atom. The summed E-state index contributed by atoms with van der Waals surface area (Å²) in [4.78, 5) is 15.4. The summed E-state index contributed by atoms with van der Waals surface area (Å²) < 4.78 is 34.0. The second-order valence-corrected chi connectivity index (χ2v) is 10.4. The molecule has 9 heteroatoms. The molecule has 5 aromatic rings. The minimum atomic E-state index is -3.94. The molecule has 0 aliphatic carbocycles. The van der Waals surface area contributed by atoms with Gasteiger partial charge in [-0.3, -0.25) is 4.79 Å². The Hall–Kier alpha value is -3.95. The average molecular weight is 505 g/mol. The van der Waals surface area contributed by atoms with E-state index in [1.54, 1.807) is 53.9 Å². The van der Waals surface area contributed by atoms with Crippen molar-refractivity contribution < 1.29 is 23.1 Å². The van der Waals surface area contributed by atoms with Crippen molar-refractivity contribution in [3.63, 3.8) is 0 Å². The molecule has 1 N–H and O–H groups in total. The lowest BCUT2D eigenvalue weighted by Gasteiger charge is -2.09. The fourth-order valence-corrected chi connectivity index (χ4v) is 5.89. The number of carboxylic acids is 1. The van der Waals surface area contributed by atoms with E-state index in [0.717, 1.165) is 11.1 Å². The molecule has 3 heterocycles. The quantitative estimate of drug-likeness (QED) is 0.286. The molecule has 0 bridgehead atoms. The van der Waals surface area contributed by atoms with Gasteiger partial charge in [0.25, 0.3) is 10.0 Å². The number of benzene rings is 2. The molecule has 0 radical (unpaired) electrons. The topological polar surface area (TPSA) is 98.5 Å². The van der Waals surface area contributed by atoms with Crippen molar-refractivity contribution in [1.29, 1.82) is 0 Å². The summed E-state index contributed by atoms with van der Waals surface area (Å²) in [5, 5.41) is 13.9. The number of aromatic nitrogens is 2. The van der Waals surface area contributed by atoms with Crippen LogP contribution in [0.3, 0.4) is 0 Å². The summed E-state index contributed by atoms with van der Waals surface area (Å²) in [6, 6.07) is 19.0. The SMILES string of the molecule is O=C(O)CCc1cn(S(=O)(=O)c2ccc(Oc3ccccn3)cc2)c2ccc(-c3ccsc3)cc12. The molecular formula is C26H20N2O5S2. The van der Waals surface area contributed by atoms with E-state index >= 15 is 0 Å². The second kappa shape index (κ2) is 9.36. The van der Waals surface area contributed by atoms with Gasteiger partial charge in [0.05, 0.1) is 10.4 Å². The normalized spacial score (nSPS) is 11.5. The van der Waals surface area contributed by atoms with Crippen molar-refractivity contribution in [2.75, 3.05) is 0 Å². The monoisotopic (exact) mass is 504 g/mol. The zero-order valence-corrected chi connectivity index (χ0v) is 20.0. The predicted molar refractivity (Wildman–Crippen MR) is 135 cm³/mol. The number of ether oxygens (including phenoxy) is 1. The molecule has 5 rings (SSSR count). The second-order valence-electron chi connectivity index (χ2n) is 7.83. The molecule has 0 fully saturated rings. The summed E-state index contributed by atoms with van der Waals surface area (Å²) in [7, 11) is -3.94. The minimum absolute atomic E-state index is 0.0921. The Labute approximate surface area is 205 Å². The van der Waals surface area contributed by atoms with Crippen molar-refractivity contribution in [3.8, 4) is 22.8 Å². The average Bonchev–Trinajstić information content (AvgIpc) is 3.52. The number of hydrogen-bond donors (Lipinski definition) is 1. The van der Waals surface area contributed by atoms with E-state index in [-0.39, 0.29) is 17.7 Å². The van der Waals surface area contributed by atoms with Crippen LogP contribution in [0.4, 0.5) is 0 Å². The first kappa shape index (κ1) is 22.8. The fraction of sp³-hybridized carbons (Fsp3) is 0.0769. The molecule has 2 aromatic carbocycles. The van der Waals surface area contributed by atoms with Crippen LogP contribution in [0.15, 0.2) is 94.8 Å². The lowest BCUT2D eigenvalue weighted by molar-refractivity contribution is -0.136. The Morgan fingerprint density at radius 3 is 2.54 bits per heavy atom. The summed E-state index contributed by atoms with van der Waals surface area (Å²) in [6.07, 6.45) is 3.26. The third-order valence-electron chi connectivity index (χ3n) is 5.56. The molecular weight excluding hydrogens is 484 g/mol. The molecule has 0 unspecified atom stereocenters. The molecule has 0 aliphatic heterocycles. The molecule has 3 aromatic heterocycles. The van der Waals surface area contributed by atoms with Gasteiger partial charge < -0.3 is 9.84 Å². The maximum absolute atomic E-state index is 13.6. The van der Waals surface area contributed by atoms with E-state index in [1.165, 1.54) is 22.3 Å². The third-order valence-corrected chi connectivity index (χ3v) is 7.93. The van der Waals surface area contributed by atoms with Gasteiger partial charge in [-0.1, -0.05) is 12.1 Å². The number of rotatable bonds is 8. The number of carboxylic acid groups (broad SMARTS) is 1. The van der Waals surface area contributed by atoms with Gasteiger partial charge in [-0.2, -0.15) is 11.3 Å². The lowest BCUT2D eigenvalue weighted by atomic mass is 10.0. The zero-order valence-electron chi connectivity index (χ0n) is 18.4. The number of hydrogen-bond acceptors (Lipinski definition) is 6. The largest absolute Gasteiger partial charge is 0.481 e. The number of thiophene rings is 1. The van der Waals surface area contributed by atoms with Crippen LogP contribution in [0.1, 0.15) is 12.0 Å². The summed E-state index contributed by atoms with van der Waals surface area (Å²) in [6.45, 7) is 0. The van der Waals surface area contributed by atoms with Crippen molar-refractivity contribution in [2.45, 2.75) is 17.7 Å². The molecule has 0 atom stereocenters. The number of nitrogens with zero attached hydrogens (tertiary/aromatic N) is 2. The van der Waals surface area contributed by atoms with Gasteiger partial charge in [0, 0.05) is 30.3 Å². The zero-order chi connectivity index (χ0) is 24.4. The molecule has 35 heavy (non-hydrogen) atoms. The van der Waals surface area contributed by atoms with E-state index in [1.807, 2.05) is 29.0 Å². The standard InChI is InChI=1S/C26H20N2O5S2/c29-26(30)11-5-19-16-28(24-10-4-18(15-23(19)24)20-12-14-34-17-20)35(31,32)22-8-6-21(7-9-22)33-25-3-1-2-13-27-25/h1-4,6-10,12-17H,5,11H2,(H,29,30). The van der Waals surface area contributed by atoms with Crippen LogP contribution in [0.25, 0.3) is 22.0 Å². The first-order valence-corrected chi connectivity index (χ1v) is 13.1. The Morgan fingerprint density at radius 2 is 1.86 bits per heavy atom. The highest BCUT2D eigenvalue weighted by Crippen LogP contribution is 2.32. The highest BCUT2D eigenvalue weighted by Gasteiger charge is 2.22. The van der Waals surface area contributed by atoms with Crippen molar-refractivity contribution >= 4 is 38.2 Å². The molecule has 0 saturated heterocycles. The minimum Gasteiger partial charge on any atom is -0.481 e. The Bertz CT molecular complexity index is 1590. The van der Waals surface area contributed by atoms with Gasteiger partial charge in [-0.05, 0) is 82.4 Å². The van der Waals surface area contributed by atoms with Gasteiger partial charge >= 0.3 is 5.97 Å². The molecule has 176 valence electrons. The summed E-state index contributed by atoms with van der Waals surface area (Å²) >= 11 is 1.57. The van der Waals surface area contributed by atoms with E-state index in [9.17, 15) is 18.3 Å². The molecule has 0 spiro atoms.